The fourth-order valence-electron chi connectivity index (χ4n) is 2.73. The van der Waals surface area contributed by atoms with Gasteiger partial charge in [0.25, 0.3) is 0 Å². The smallest absolute Gasteiger partial charge is 0.223 e. The highest BCUT2D eigenvalue weighted by Crippen LogP contribution is 2.29. The SMILES string of the molecule is CCC(C)N1CC(c2nc3ccccc3[nH]2)CC1=O. The third kappa shape index (κ3) is 2.11. The van der Waals surface area contributed by atoms with Gasteiger partial charge in [0.05, 0.1) is 11.0 Å². The van der Waals surface area contributed by atoms with Gasteiger partial charge in [-0.2, -0.15) is 0 Å². The van der Waals surface area contributed by atoms with Gasteiger partial charge in [0.2, 0.25) is 5.91 Å². The van der Waals surface area contributed by atoms with Crippen molar-refractivity contribution in [2.24, 2.45) is 0 Å². The van der Waals surface area contributed by atoms with Crippen molar-refractivity contribution in [1.29, 1.82) is 0 Å². The maximum Gasteiger partial charge on any atom is 0.223 e. The summed E-state index contributed by atoms with van der Waals surface area (Å²) < 4.78 is 0. The Bertz CT molecular complexity index is 571. The summed E-state index contributed by atoms with van der Waals surface area (Å²) in [7, 11) is 0. The highest BCUT2D eigenvalue weighted by molar-refractivity contribution is 5.80. The second-order valence-corrected chi connectivity index (χ2v) is 5.34. The van der Waals surface area contributed by atoms with Gasteiger partial charge in [-0.15, -0.1) is 0 Å². The quantitative estimate of drug-likeness (QED) is 0.919. The second-order valence-electron chi connectivity index (χ2n) is 5.34. The number of nitrogens with one attached hydrogen (secondary N) is 1. The number of carbonyl (C=O) groups excluding carboxylic acids is 1. The molecule has 4 heteroatoms. The standard InChI is InChI=1S/C15H19N3O/c1-3-10(2)18-9-11(8-14(18)19)15-16-12-6-4-5-7-13(12)17-15/h4-7,10-11H,3,8-9H2,1-2H3,(H,16,17). The fraction of sp³-hybridized carbons (Fsp3) is 0.467. The molecule has 3 rings (SSSR count). The molecule has 1 aromatic carbocycles. The Labute approximate surface area is 112 Å². The number of rotatable bonds is 3. The monoisotopic (exact) mass is 257 g/mol. The number of H-pyrrole nitrogens is 1. The molecular formula is C15H19N3O. The lowest BCUT2D eigenvalue weighted by Gasteiger charge is -2.23. The van der Waals surface area contributed by atoms with Crippen LogP contribution in [-0.4, -0.2) is 33.4 Å². The molecule has 2 aromatic rings. The number of nitrogens with zero attached hydrogens (tertiary/aromatic N) is 2. The normalized spacial score (nSPS) is 21.3. The van der Waals surface area contributed by atoms with Crippen LogP contribution < -0.4 is 0 Å². The molecule has 1 saturated heterocycles. The highest BCUT2D eigenvalue weighted by Gasteiger charge is 2.34. The molecule has 0 spiro atoms. The van der Waals surface area contributed by atoms with Crippen molar-refractivity contribution in [3.63, 3.8) is 0 Å². The van der Waals surface area contributed by atoms with Crippen LogP contribution >= 0.6 is 0 Å². The predicted molar refractivity (Wildman–Crippen MR) is 74.9 cm³/mol. The molecular weight excluding hydrogens is 238 g/mol. The molecule has 2 heterocycles. The van der Waals surface area contributed by atoms with Gasteiger partial charge in [0.15, 0.2) is 0 Å². The number of para-hydroxylation sites is 2. The molecule has 19 heavy (non-hydrogen) atoms. The molecule has 1 aromatic heterocycles. The number of benzene rings is 1. The van der Waals surface area contributed by atoms with Crippen molar-refractivity contribution < 1.29 is 4.79 Å². The van der Waals surface area contributed by atoms with Gasteiger partial charge in [0.1, 0.15) is 5.82 Å². The topological polar surface area (TPSA) is 49.0 Å². The zero-order valence-corrected chi connectivity index (χ0v) is 11.4. The fourth-order valence-corrected chi connectivity index (χ4v) is 2.73. The molecule has 1 amide bonds. The van der Waals surface area contributed by atoms with Crippen LogP contribution in [0.4, 0.5) is 0 Å². The third-order valence-corrected chi connectivity index (χ3v) is 4.08. The van der Waals surface area contributed by atoms with E-state index in [-0.39, 0.29) is 11.8 Å². The van der Waals surface area contributed by atoms with E-state index in [9.17, 15) is 4.79 Å². The Morgan fingerprint density at radius 1 is 1.47 bits per heavy atom. The van der Waals surface area contributed by atoms with Crippen molar-refractivity contribution in [2.45, 2.75) is 38.6 Å². The van der Waals surface area contributed by atoms with E-state index in [1.807, 2.05) is 29.2 Å². The summed E-state index contributed by atoms with van der Waals surface area (Å²) in [5.74, 6) is 1.40. The van der Waals surface area contributed by atoms with Crippen LogP contribution in [0.1, 0.15) is 38.4 Å². The lowest BCUT2D eigenvalue weighted by atomic mass is 10.1. The first-order valence-electron chi connectivity index (χ1n) is 6.93. The van der Waals surface area contributed by atoms with E-state index in [4.69, 9.17) is 0 Å². The summed E-state index contributed by atoms with van der Waals surface area (Å²) in [5, 5.41) is 0. The zero-order chi connectivity index (χ0) is 13.4. The Kier molecular flexibility index (Phi) is 3.01. The molecule has 2 unspecified atom stereocenters. The Hall–Kier alpha value is -1.84. The summed E-state index contributed by atoms with van der Waals surface area (Å²) in [6, 6.07) is 8.32. The van der Waals surface area contributed by atoms with E-state index < -0.39 is 0 Å². The van der Waals surface area contributed by atoms with Gasteiger partial charge >= 0.3 is 0 Å². The van der Waals surface area contributed by atoms with Crippen molar-refractivity contribution >= 4 is 16.9 Å². The largest absolute Gasteiger partial charge is 0.342 e. The zero-order valence-electron chi connectivity index (χ0n) is 11.4. The molecule has 2 atom stereocenters. The number of aromatic amines is 1. The van der Waals surface area contributed by atoms with E-state index in [1.165, 1.54) is 0 Å². The number of fused-ring (bicyclic) bond motifs is 1. The van der Waals surface area contributed by atoms with E-state index >= 15 is 0 Å². The lowest BCUT2D eigenvalue weighted by Crippen LogP contribution is -2.33. The van der Waals surface area contributed by atoms with Crippen LogP contribution in [0, 0.1) is 0 Å². The van der Waals surface area contributed by atoms with Crippen molar-refractivity contribution in [1.82, 2.24) is 14.9 Å². The van der Waals surface area contributed by atoms with Crippen LogP contribution in [0.5, 0.6) is 0 Å². The van der Waals surface area contributed by atoms with Crippen LogP contribution in [0.25, 0.3) is 11.0 Å². The average molecular weight is 257 g/mol. The van der Waals surface area contributed by atoms with Gasteiger partial charge in [-0.3, -0.25) is 4.79 Å². The Morgan fingerprint density at radius 2 is 2.26 bits per heavy atom. The number of imidazole rings is 1. The van der Waals surface area contributed by atoms with E-state index in [2.05, 4.69) is 23.8 Å². The maximum absolute atomic E-state index is 12.1. The van der Waals surface area contributed by atoms with E-state index in [1.54, 1.807) is 0 Å². The first-order chi connectivity index (χ1) is 9.19. The molecule has 1 fully saturated rings. The predicted octanol–water partition coefficient (Wildman–Crippen LogP) is 2.68. The summed E-state index contributed by atoms with van der Waals surface area (Å²) in [6.07, 6.45) is 1.57. The van der Waals surface area contributed by atoms with Crippen LogP contribution in [0.2, 0.25) is 0 Å². The first-order valence-corrected chi connectivity index (χ1v) is 6.93. The first kappa shape index (κ1) is 12.2. The minimum absolute atomic E-state index is 0.203. The van der Waals surface area contributed by atoms with Gasteiger partial charge in [-0.25, -0.2) is 4.98 Å². The number of likely N-dealkylation sites (tertiary alicyclic amines) is 1. The summed E-state index contributed by atoms with van der Waals surface area (Å²) in [5.41, 5.74) is 2.03. The van der Waals surface area contributed by atoms with Gasteiger partial charge in [-0.05, 0) is 25.5 Å². The van der Waals surface area contributed by atoms with Gasteiger partial charge < -0.3 is 9.88 Å². The summed E-state index contributed by atoms with van der Waals surface area (Å²) >= 11 is 0. The van der Waals surface area contributed by atoms with Crippen molar-refractivity contribution in [2.75, 3.05) is 6.54 Å². The maximum atomic E-state index is 12.1. The lowest BCUT2D eigenvalue weighted by molar-refractivity contribution is -0.129. The number of amides is 1. The molecule has 0 bridgehead atoms. The second kappa shape index (κ2) is 4.68. The number of hydrogen-bond acceptors (Lipinski definition) is 2. The van der Waals surface area contributed by atoms with Crippen LogP contribution in [0.15, 0.2) is 24.3 Å². The molecule has 1 aliphatic heterocycles. The summed E-state index contributed by atoms with van der Waals surface area (Å²) in [4.78, 5) is 22.0. The molecule has 0 saturated carbocycles. The Morgan fingerprint density at radius 3 is 3.00 bits per heavy atom. The average Bonchev–Trinajstić information content (AvgIpc) is 3.00. The van der Waals surface area contributed by atoms with Gasteiger partial charge in [0, 0.05) is 24.9 Å². The number of aromatic nitrogens is 2. The minimum Gasteiger partial charge on any atom is -0.342 e. The summed E-state index contributed by atoms with van der Waals surface area (Å²) in [6.45, 7) is 5.01. The highest BCUT2D eigenvalue weighted by atomic mass is 16.2. The van der Waals surface area contributed by atoms with Crippen LogP contribution in [-0.2, 0) is 4.79 Å². The molecule has 1 aliphatic rings. The van der Waals surface area contributed by atoms with E-state index in [0.29, 0.717) is 12.5 Å². The van der Waals surface area contributed by atoms with E-state index in [0.717, 1.165) is 29.8 Å². The molecule has 1 N–H and O–H groups in total. The van der Waals surface area contributed by atoms with Crippen LogP contribution in [0.3, 0.4) is 0 Å². The molecule has 100 valence electrons. The molecule has 0 radical (unpaired) electrons. The van der Waals surface area contributed by atoms with Crippen molar-refractivity contribution in [3.05, 3.63) is 30.1 Å². The molecule has 4 nitrogen and oxygen atoms in total. The van der Waals surface area contributed by atoms with Crippen molar-refractivity contribution in [3.8, 4) is 0 Å². The Balaban J connectivity index is 1.85. The minimum atomic E-state index is 0.203. The van der Waals surface area contributed by atoms with Gasteiger partial charge in [-0.1, -0.05) is 19.1 Å². The number of hydrogen-bond donors (Lipinski definition) is 1. The molecule has 0 aliphatic carbocycles. The third-order valence-electron chi connectivity index (χ3n) is 4.08. The number of carbonyl (C=O) groups is 1.